The van der Waals surface area contributed by atoms with Crippen LogP contribution >= 0.6 is 15.9 Å². The second kappa shape index (κ2) is 6.36. The van der Waals surface area contributed by atoms with E-state index in [-0.39, 0.29) is 13.1 Å². The Hall–Kier alpha value is -1.20. The molecule has 1 aliphatic heterocycles. The topological polar surface area (TPSA) is 57.7 Å². The first kappa shape index (κ1) is 18.1. The van der Waals surface area contributed by atoms with Gasteiger partial charge in [-0.25, -0.2) is 12.8 Å². The molecule has 0 N–H and O–H groups in total. The van der Waals surface area contributed by atoms with Crippen molar-refractivity contribution in [2.75, 3.05) is 26.2 Å². The number of piperazine rings is 1. The zero-order chi connectivity index (χ0) is 17.4. The van der Waals surface area contributed by atoms with Crippen LogP contribution in [0.15, 0.2) is 27.6 Å². The second-order valence-corrected chi connectivity index (χ2v) is 7.59. The summed E-state index contributed by atoms with van der Waals surface area (Å²) in [4.78, 5) is 11.1. The van der Waals surface area contributed by atoms with Crippen LogP contribution in [0, 0.1) is 5.82 Å². The minimum atomic E-state index is -5.00. The van der Waals surface area contributed by atoms with Gasteiger partial charge in [-0.05, 0) is 18.2 Å². The molecule has 1 heterocycles. The smallest absolute Gasteiger partial charge is 0.332 e. The predicted molar refractivity (Wildman–Crippen MR) is 75.5 cm³/mol. The minimum Gasteiger partial charge on any atom is -0.332 e. The Bertz CT molecular complexity index is 716. The molecule has 0 radical (unpaired) electrons. The number of rotatable bonds is 2. The van der Waals surface area contributed by atoms with E-state index in [9.17, 15) is 30.8 Å². The molecule has 1 aromatic carbocycles. The van der Waals surface area contributed by atoms with E-state index in [0.29, 0.717) is 9.37 Å². The van der Waals surface area contributed by atoms with Crippen LogP contribution in [0.1, 0.15) is 0 Å². The van der Waals surface area contributed by atoms with Crippen LogP contribution in [-0.4, -0.2) is 55.9 Å². The zero-order valence-electron chi connectivity index (χ0n) is 11.5. The molecule has 2 rings (SSSR count). The monoisotopic (exact) mass is 418 g/mol. The van der Waals surface area contributed by atoms with E-state index < -0.39 is 45.9 Å². The summed E-state index contributed by atoms with van der Waals surface area (Å²) in [5.74, 6) is -2.97. The van der Waals surface area contributed by atoms with Crippen LogP contribution < -0.4 is 0 Å². The van der Waals surface area contributed by atoms with Crippen molar-refractivity contribution in [3.8, 4) is 0 Å². The van der Waals surface area contributed by atoms with Gasteiger partial charge >= 0.3 is 12.1 Å². The first-order chi connectivity index (χ1) is 10.5. The van der Waals surface area contributed by atoms with E-state index >= 15 is 0 Å². The maximum atomic E-state index is 13.8. The summed E-state index contributed by atoms with van der Waals surface area (Å²) in [7, 11) is -4.18. The highest BCUT2D eigenvalue weighted by atomic mass is 79.9. The Labute approximate surface area is 138 Å². The molecule has 0 bridgehead atoms. The lowest BCUT2D eigenvalue weighted by molar-refractivity contribution is -0.186. The number of hydrogen-bond acceptors (Lipinski definition) is 3. The third-order valence-electron chi connectivity index (χ3n) is 3.28. The largest absolute Gasteiger partial charge is 0.471 e. The van der Waals surface area contributed by atoms with E-state index in [1.807, 2.05) is 0 Å². The van der Waals surface area contributed by atoms with Gasteiger partial charge in [0.15, 0.2) is 0 Å². The molecule has 0 unspecified atom stereocenters. The van der Waals surface area contributed by atoms with Crippen molar-refractivity contribution < 1.29 is 30.8 Å². The highest BCUT2D eigenvalue weighted by Crippen LogP contribution is 2.25. The first-order valence-corrected chi connectivity index (χ1v) is 8.58. The number of alkyl halides is 3. The molecule has 1 amide bonds. The Kier molecular flexibility index (Phi) is 5.02. The zero-order valence-corrected chi connectivity index (χ0v) is 13.9. The van der Waals surface area contributed by atoms with Crippen molar-refractivity contribution in [1.29, 1.82) is 0 Å². The van der Waals surface area contributed by atoms with Crippen LogP contribution in [0.4, 0.5) is 17.6 Å². The number of nitrogens with zero attached hydrogens (tertiary/aromatic N) is 2. The standard InChI is InChI=1S/C12H11BrF4N2O3S/c13-8-1-2-10(9(14)7-8)23(21,22)19-5-3-18(4-6-19)11(20)12(15,16)17/h1-2,7H,3-6H2. The molecule has 1 aliphatic rings. The lowest BCUT2D eigenvalue weighted by atomic mass is 10.3. The fourth-order valence-corrected chi connectivity index (χ4v) is 3.94. The number of carbonyl (C=O) groups is 1. The van der Waals surface area contributed by atoms with Gasteiger partial charge in [0.2, 0.25) is 10.0 Å². The van der Waals surface area contributed by atoms with E-state index in [1.54, 1.807) is 0 Å². The normalized spacial score (nSPS) is 17.3. The molecule has 0 aromatic heterocycles. The molecule has 0 atom stereocenters. The fraction of sp³-hybridized carbons (Fsp3) is 0.417. The number of sulfonamides is 1. The van der Waals surface area contributed by atoms with Crippen LogP contribution in [0.2, 0.25) is 0 Å². The summed E-state index contributed by atoms with van der Waals surface area (Å²) in [6.45, 7) is -1.48. The summed E-state index contributed by atoms with van der Waals surface area (Å²) in [5.41, 5.74) is 0. The number of halogens is 5. The van der Waals surface area contributed by atoms with Gasteiger partial charge in [0.05, 0.1) is 0 Å². The summed E-state index contributed by atoms with van der Waals surface area (Å²) >= 11 is 3.00. The molecule has 1 aromatic rings. The number of benzene rings is 1. The summed E-state index contributed by atoms with van der Waals surface area (Å²) in [6, 6.07) is 3.40. The van der Waals surface area contributed by atoms with E-state index in [0.717, 1.165) is 16.4 Å². The average molecular weight is 419 g/mol. The van der Waals surface area contributed by atoms with Crippen molar-refractivity contribution in [2.24, 2.45) is 0 Å². The van der Waals surface area contributed by atoms with Crippen LogP contribution in [0.25, 0.3) is 0 Å². The predicted octanol–water partition coefficient (Wildman–Crippen LogP) is 1.98. The summed E-state index contributed by atoms with van der Waals surface area (Å²) < 4.78 is 76.7. The molecule has 1 saturated heterocycles. The lowest BCUT2D eigenvalue weighted by Crippen LogP contribution is -2.53. The summed E-state index contributed by atoms with van der Waals surface area (Å²) in [5, 5.41) is 0. The Morgan fingerprint density at radius 1 is 1.13 bits per heavy atom. The van der Waals surface area contributed by atoms with Gasteiger partial charge in [-0.15, -0.1) is 0 Å². The van der Waals surface area contributed by atoms with Gasteiger partial charge in [0, 0.05) is 30.7 Å². The van der Waals surface area contributed by atoms with Crippen molar-refractivity contribution in [3.05, 3.63) is 28.5 Å². The molecule has 11 heteroatoms. The summed E-state index contributed by atoms with van der Waals surface area (Å²) in [6.07, 6.45) is -5.00. The second-order valence-electron chi connectivity index (χ2n) is 4.77. The van der Waals surface area contributed by atoms with E-state index in [2.05, 4.69) is 15.9 Å². The van der Waals surface area contributed by atoms with Crippen molar-refractivity contribution in [1.82, 2.24) is 9.21 Å². The van der Waals surface area contributed by atoms with Gasteiger partial charge in [0.1, 0.15) is 10.7 Å². The van der Waals surface area contributed by atoms with Gasteiger partial charge in [0.25, 0.3) is 0 Å². The van der Waals surface area contributed by atoms with Crippen LogP contribution in [0.5, 0.6) is 0 Å². The molecule has 128 valence electrons. The molecular weight excluding hydrogens is 408 g/mol. The number of amides is 1. The van der Waals surface area contributed by atoms with E-state index in [4.69, 9.17) is 0 Å². The third-order valence-corrected chi connectivity index (χ3v) is 5.71. The molecular formula is C12H11BrF4N2O3S. The van der Waals surface area contributed by atoms with Gasteiger partial charge in [-0.2, -0.15) is 17.5 Å². The number of hydrogen-bond donors (Lipinski definition) is 0. The first-order valence-electron chi connectivity index (χ1n) is 6.35. The van der Waals surface area contributed by atoms with Crippen LogP contribution in [-0.2, 0) is 14.8 Å². The Morgan fingerprint density at radius 3 is 2.17 bits per heavy atom. The van der Waals surface area contributed by atoms with Crippen molar-refractivity contribution in [2.45, 2.75) is 11.1 Å². The SMILES string of the molecule is O=C(N1CCN(S(=O)(=O)c2ccc(Br)cc2F)CC1)C(F)(F)F. The molecule has 5 nitrogen and oxygen atoms in total. The van der Waals surface area contributed by atoms with Crippen LogP contribution in [0.3, 0.4) is 0 Å². The maximum absolute atomic E-state index is 13.8. The van der Waals surface area contributed by atoms with Crippen molar-refractivity contribution in [3.63, 3.8) is 0 Å². The van der Waals surface area contributed by atoms with Gasteiger partial charge in [-0.1, -0.05) is 15.9 Å². The minimum absolute atomic E-state index is 0.334. The van der Waals surface area contributed by atoms with Gasteiger partial charge in [-0.3, -0.25) is 4.79 Å². The maximum Gasteiger partial charge on any atom is 0.471 e. The average Bonchev–Trinajstić information content (AvgIpc) is 2.45. The lowest BCUT2D eigenvalue weighted by Gasteiger charge is -2.34. The van der Waals surface area contributed by atoms with E-state index in [1.165, 1.54) is 6.07 Å². The molecule has 0 spiro atoms. The third kappa shape index (κ3) is 3.83. The Morgan fingerprint density at radius 2 is 1.70 bits per heavy atom. The molecule has 23 heavy (non-hydrogen) atoms. The van der Waals surface area contributed by atoms with Crippen molar-refractivity contribution >= 4 is 31.9 Å². The fourth-order valence-electron chi connectivity index (χ4n) is 2.13. The quantitative estimate of drug-likeness (QED) is 0.690. The number of carbonyl (C=O) groups excluding carboxylic acids is 1. The highest BCUT2D eigenvalue weighted by molar-refractivity contribution is 9.10. The molecule has 0 aliphatic carbocycles. The highest BCUT2D eigenvalue weighted by Gasteiger charge is 2.44. The van der Waals surface area contributed by atoms with Gasteiger partial charge < -0.3 is 4.90 Å². The molecule has 1 fully saturated rings. The molecule has 0 saturated carbocycles. The Balaban J connectivity index is 2.14.